The highest BCUT2D eigenvalue weighted by atomic mass is 16.3. The third kappa shape index (κ3) is 1.25. The molecule has 1 heterocycles. The number of aliphatic hydroxyl groups excluding tert-OH is 1. The lowest BCUT2D eigenvalue weighted by Gasteiger charge is -2.14. The summed E-state index contributed by atoms with van der Waals surface area (Å²) in [5.41, 5.74) is 1.16. The van der Waals surface area contributed by atoms with Gasteiger partial charge >= 0.3 is 0 Å². The molecular formula is C9H14N2O. The largest absolute Gasteiger partial charge is 0.391 e. The van der Waals surface area contributed by atoms with Crippen molar-refractivity contribution in [3.8, 4) is 0 Å². The number of aromatic nitrogens is 2. The van der Waals surface area contributed by atoms with Gasteiger partial charge < -0.3 is 5.11 Å². The lowest BCUT2D eigenvalue weighted by atomic mass is 10.2. The Kier molecular flexibility index (Phi) is 1.89. The van der Waals surface area contributed by atoms with Gasteiger partial charge in [0.25, 0.3) is 0 Å². The van der Waals surface area contributed by atoms with E-state index in [2.05, 4.69) is 5.10 Å². The second-order valence-electron chi connectivity index (χ2n) is 3.56. The summed E-state index contributed by atoms with van der Waals surface area (Å²) in [6.07, 6.45) is 6.74. The second kappa shape index (κ2) is 2.90. The predicted molar refractivity (Wildman–Crippen MR) is 45.9 cm³/mol. The van der Waals surface area contributed by atoms with Crippen molar-refractivity contribution in [2.75, 3.05) is 0 Å². The molecule has 0 aromatic carbocycles. The van der Waals surface area contributed by atoms with Gasteiger partial charge in [-0.15, -0.1) is 0 Å². The fourth-order valence-corrected chi connectivity index (χ4v) is 1.84. The van der Waals surface area contributed by atoms with E-state index in [1.807, 2.05) is 24.0 Å². The summed E-state index contributed by atoms with van der Waals surface area (Å²) in [5, 5.41) is 13.8. The van der Waals surface area contributed by atoms with Crippen molar-refractivity contribution in [2.24, 2.45) is 0 Å². The molecule has 0 radical (unpaired) electrons. The Bertz CT molecular complexity index is 269. The summed E-state index contributed by atoms with van der Waals surface area (Å²) in [4.78, 5) is 0. The molecule has 2 atom stereocenters. The van der Waals surface area contributed by atoms with Crippen LogP contribution in [0.25, 0.3) is 0 Å². The molecule has 2 rings (SSSR count). The molecule has 0 saturated heterocycles. The zero-order valence-corrected chi connectivity index (χ0v) is 7.27. The van der Waals surface area contributed by atoms with Gasteiger partial charge in [-0.3, -0.25) is 4.68 Å². The Balaban J connectivity index is 2.19. The van der Waals surface area contributed by atoms with Crippen LogP contribution in [0.2, 0.25) is 0 Å². The summed E-state index contributed by atoms with van der Waals surface area (Å²) >= 11 is 0. The summed E-state index contributed by atoms with van der Waals surface area (Å²) in [6, 6.07) is 0.221. The summed E-state index contributed by atoms with van der Waals surface area (Å²) in [7, 11) is 0. The van der Waals surface area contributed by atoms with Crippen LogP contribution in [-0.2, 0) is 0 Å². The van der Waals surface area contributed by atoms with Gasteiger partial charge in [-0.05, 0) is 31.7 Å². The topological polar surface area (TPSA) is 38.0 Å². The van der Waals surface area contributed by atoms with Gasteiger partial charge in [0.05, 0.1) is 18.3 Å². The van der Waals surface area contributed by atoms with E-state index < -0.39 is 0 Å². The monoisotopic (exact) mass is 166 g/mol. The molecule has 0 spiro atoms. The van der Waals surface area contributed by atoms with Crippen LogP contribution in [-0.4, -0.2) is 21.0 Å². The van der Waals surface area contributed by atoms with Crippen molar-refractivity contribution in [3.63, 3.8) is 0 Å². The summed E-state index contributed by atoms with van der Waals surface area (Å²) in [6.45, 7) is 2.02. The second-order valence-corrected chi connectivity index (χ2v) is 3.56. The molecule has 66 valence electrons. The van der Waals surface area contributed by atoms with E-state index in [1.165, 1.54) is 0 Å². The van der Waals surface area contributed by atoms with Gasteiger partial charge in [0, 0.05) is 6.20 Å². The van der Waals surface area contributed by atoms with Crippen molar-refractivity contribution in [3.05, 3.63) is 18.0 Å². The minimum absolute atomic E-state index is 0.190. The predicted octanol–water partition coefficient (Wildman–Crippen LogP) is 1.28. The van der Waals surface area contributed by atoms with Crippen LogP contribution in [0.15, 0.2) is 12.4 Å². The van der Waals surface area contributed by atoms with E-state index in [9.17, 15) is 5.11 Å². The number of hydrogen-bond donors (Lipinski definition) is 1. The van der Waals surface area contributed by atoms with E-state index in [0.717, 1.165) is 24.8 Å². The van der Waals surface area contributed by atoms with Crippen LogP contribution in [0.1, 0.15) is 30.9 Å². The maximum absolute atomic E-state index is 9.59. The molecule has 0 aliphatic heterocycles. The lowest BCUT2D eigenvalue weighted by Crippen LogP contribution is -2.18. The van der Waals surface area contributed by atoms with Crippen molar-refractivity contribution >= 4 is 0 Å². The molecule has 0 unspecified atom stereocenters. The standard InChI is InChI=1S/C9H14N2O/c1-7-5-10-11(6-7)8-3-2-4-9(8)12/h5-6,8-9,12H,2-4H2,1H3/t8-,9+/m1/s1. The minimum atomic E-state index is -0.190. The Labute approximate surface area is 72.0 Å². The van der Waals surface area contributed by atoms with E-state index in [1.54, 1.807) is 0 Å². The van der Waals surface area contributed by atoms with Crippen LogP contribution in [0.4, 0.5) is 0 Å². The SMILES string of the molecule is Cc1cnn([C@@H]2CCC[C@@H]2O)c1. The molecule has 0 bridgehead atoms. The highest BCUT2D eigenvalue weighted by Gasteiger charge is 2.26. The van der Waals surface area contributed by atoms with Crippen molar-refractivity contribution < 1.29 is 5.11 Å². The Morgan fingerprint density at radius 3 is 2.92 bits per heavy atom. The minimum Gasteiger partial charge on any atom is -0.391 e. The van der Waals surface area contributed by atoms with Crippen molar-refractivity contribution in [2.45, 2.75) is 38.3 Å². The van der Waals surface area contributed by atoms with Gasteiger partial charge in [-0.25, -0.2) is 0 Å². The van der Waals surface area contributed by atoms with Gasteiger partial charge in [-0.1, -0.05) is 0 Å². The smallest absolute Gasteiger partial charge is 0.0778 e. The molecule has 3 nitrogen and oxygen atoms in total. The third-order valence-corrected chi connectivity index (χ3v) is 2.51. The van der Waals surface area contributed by atoms with Crippen LogP contribution in [0.5, 0.6) is 0 Å². The molecular weight excluding hydrogens is 152 g/mol. The fourth-order valence-electron chi connectivity index (χ4n) is 1.84. The van der Waals surface area contributed by atoms with Gasteiger partial charge in [0.15, 0.2) is 0 Å². The molecule has 1 fully saturated rings. The zero-order valence-electron chi connectivity index (χ0n) is 7.27. The first-order valence-corrected chi connectivity index (χ1v) is 4.46. The van der Waals surface area contributed by atoms with Crippen LogP contribution in [0, 0.1) is 6.92 Å². The first kappa shape index (κ1) is 7.80. The Morgan fingerprint density at radius 1 is 1.58 bits per heavy atom. The number of rotatable bonds is 1. The Hall–Kier alpha value is -0.830. The summed E-state index contributed by atoms with van der Waals surface area (Å²) in [5.74, 6) is 0. The van der Waals surface area contributed by atoms with Crippen molar-refractivity contribution in [1.82, 2.24) is 9.78 Å². The third-order valence-electron chi connectivity index (χ3n) is 2.51. The van der Waals surface area contributed by atoms with E-state index in [4.69, 9.17) is 0 Å². The van der Waals surface area contributed by atoms with Crippen LogP contribution >= 0.6 is 0 Å². The number of aryl methyl sites for hydroxylation is 1. The molecule has 1 aromatic heterocycles. The summed E-state index contributed by atoms with van der Waals surface area (Å²) < 4.78 is 1.90. The fraction of sp³-hybridized carbons (Fsp3) is 0.667. The van der Waals surface area contributed by atoms with E-state index in [-0.39, 0.29) is 12.1 Å². The molecule has 0 amide bonds. The lowest BCUT2D eigenvalue weighted by molar-refractivity contribution is 0.130. The zero-order chi connectivity index (χ0) is 8.55. The Morgan fingerprint density at radius 2 is 2.42 bits per heavy atom. The molecule has 1 saturated carbocycles. The first-order chi connectivity index (χ1) is 5.77. The molecule has 3 heteroatoms. The van der Waals surface area contributed by atoms with Crippen molar-refractivity contribution in [1.29, 1.82) is 0 Å². The average Bonchev–Trinajstić information content (AvgIpc) is 2.58. The maximum Gasteiger partial charge on any atom is 0.0778 e. The number of hydrogen-bond acceptors (Lipinski definition) is 2. The maximum atomic E-state index is 9.59. The van der Waals surface area contributed by atoms with Gasteiger partial charge in [0.2, 0.25) is 0 Å². The highest BCUT2D eigenvalue weighted by molar-refractivity contribution is 5.01. The molecule has 1 N–H and O–H groups in total. The molecule has 12 heavy (non-hydrogen) atoms. The van der Waals surface area contributed by atoms with E-state index in [0.29, 0.717) is 0 Å². The average molecular weight is 166 g/mol. The van der Waals surface area contributed by atoms with E-state index >= 15 is 0 Å². The number of aliphatic hydroxyl groups is 1. The highest BCUT2D eigenvalue weighted by Crippen LogP contribution is 2.29. The normalized spacial score (nSPS) is 29.5. The van der Waals surface area contributed by atoms with Crippen LogP contribution < -0.4 is 0 Å². The quantitative estimate of drug-likeness (QED) is 0.682. The first-order valence-electron chi connectivity index (χ1n) is 4.46. The van der Waals surface area contributed by atoms with Gasteiger partial charge in [0.1, 0.15) is 0 Å². The molecule has 1 aromatic rings. The number of nitrogens with zero attached hydrogens (tertiary/aromatic N) is 2. The molecule has 1 aliphatic carbocycles. The van der Waals surface area contributed by atoms with Gasteiger partial charge in [-0.2, -0.15) is 5.10 Å². The molecule has 1 aliphatic rings. The van der Waals surface area contributed by atoms with Crippen LogP contribution in [0.3, 0.4) is 0 Å².